The van der Waals surface area contributed by atoms with Crippen molar-refractivity contribution >= 4 is 5.91 Å². The van der Waals surface area contributed by atoms with E-state index in [4.69, 9.17) is 9.47 Å². The number of halogens is 2. The summed E-state index contributed by atoms with van der Waals surface area (Å²) in [4.78, 5) is 12.1. The van der Waals surface area contributed by atoms with Crippen molar-refractivity contribution in [1.29, 1.82) is 0 Å². The lowest BCUT2D eigenvalue weighted by Gasteiger charge is -2.12. The Bertz CT molecular complexity index is 735. The molecule has 2 aromatic rings. The predicted octanol–water partition coefficient (Wildman–Crippen LogP) is 4.06. The summed E-state index contributed by atoms with van der Waals surface area (Å²) in [5.74, 6) is 1.10. The fraction of sp³-hybridized carbons (Fsp3) is 0.350. The third kappa shape index (κ3) is 6.44. The number of hydrogen-bond donors (Lipinski definition) is 1. The summed E-state index contributed by atoms with van der Waals surface area (Å²) in [5.41, 5.74) is 1.38. The Kier molecular flexibility index (Phi) is 7.85. The Morgan fingerprint density at radius 3 is 2.30 bits per heavy atom. The zero-order valence-electron chi connectivity index (χ0n) is 15.3. The van der Waals surface area contributed by atoms with E-state index in [1.807, 2.05) is 32.0 Å². The molecule has 1 N–H and O–H groups in total. The summed E-state index contributed by atoms with van der Waals surface area (Å²) < 4.78 is 39.6. The molecular weight excluding hydrogens is 356 g/mol. The van der Waals surface area contributed by atoms with Crippen LogP contribution in [0.3, 0.4) is 0 Å². The highest BCUT2D eigenvalue weighted by molar-refractivity contribution is 5.94. The summed E-state index contributed by atoms with van der Waals surface area (Å²) in [5, 5.41) is 2.80. The molecule has 5 nitrogen and oxygen atoms in total. The first-order valence-corrected chi connectivity index (χ1v) is 8.75. The Morgan fingerprint density at radius 2 is 1.67 bits per heavy atom. The van der Waals surface area contributed by atoms with Gasteiger partial charge in [0.2, 0.25) is 0 Å². The predicted molar refractivity (Wildman–Crippen MR) is 97.9 cm³/mol. The Labute approximate surface area is 157 Å². The molecule has 0 heterocycles. The third-order valence-electron chi connectivity index (χ3n) is 3.65. The van der Waals surface area contributed by atoms with Crippen molar-refractivity contribution in [3.05, 3.63) is 53.6 Å². The van der Waals surface area contributed by atoms with Crippen LogP contribution in [-0.4, -0.2) is 32.3 Å². The minimum Gasteiger partial charge on any atom is -0.490 e. The zero-order valence-corrected chi connectivity index (χ0v) is 15.3. The van der Waals surface area contributed by atoms with Gasteiger partial charge in [0.15, 0.2) is 11.5 Å². The van der Waals surface area contributed by atoms with Crippen molar-refractivity contribution < 1.29 is 27.8 Å². The molecule has 7 heteroatoms. The molecule has 0 unspecified atom stereocenters. The molecule has 0 aliphatic carbocycles. The molecule has 0 fully saturated rings. The van der Waals surface area contributed by atoms with Gasteiger partial charge in [-0.25, -0.2) is 0 Å². The number of benzene rings is 2. The lowest BCUT2D eigenvalue weighted by Crippen LogP contribution is -2.25. The van der Waals surface area contributed by atoms with E-state index in [-0.39, 0.29) is 11.7 Å². The molecule has 0 spiro atoms. The third-order valence-corrected chi connectivity index (χ3v) is 3.65. The Balaban J connectivity index is 1.89. The van der Waals surface area contributed by atoms with E-state index in [2.05, 4.69) is 10.1 Å². The normalized spacial score (nSPS) is 10.6. The fourth-order valence-electron chi connectivity index (χ4n) is 2.46. The molecule has 0 saturated carbocycles. The number of carbonyl (C=O) groups is 1. The maximum Gasteiger partial charge on any atom is 0.387 e. The van der Waals surface area contributed by atoms with E-state index in [0.29, 0.717) is 43.2 Å². The van der Waals surface area contributed by atoms with Crippen molar-refractivity contribution in [3.8, 4) is 17.2 Å². The highest BCUT2D eigenvalue weighted by Crippen LogP contribution is 2.28. The van der Waals surface area contributed by atoms with Crippen LogP contribution in [0.1, 0.15) is 29.8 Å². The van der Waals surface area contributed by atoms with Crippen LogP contribution in [-0.2, 0) is 6.42 Å². The molecule has 1 amide bonds. The van der Waals surface area contributed by atoms with Gasteiger partial charge < -0.3 is 19.5 Å². The van der Waals surface area contributed by atoms with Gasteiger partial charge in [0.05, 0.1) is 13.2 Å². The molecule has 146 valence electrons. The van der Waals surface area contributed by atoms with Crippen molar-refractivity contribution in [2.75, 3.05) is 19.8 Å². The molecule has 0 aliphatic rings. The van der Waals surface area contributed by atoms with E-state index >= 15 is 0 Å². The van der Waals surface area contributed by atoms with Gasteiger partial charge in [0.1, 0.15) is 5.75 Å². The van der Waals surface area contributed by atoms with Crippen LogP contribution in [0.2, 0.25) is 0 Å². The second-order valence-electron chi connectivity index (χ2n) is 5.56. The van der Waals surface area contributed by atoms with Gasteiger partial charge in [-0.15, -0.1) is 0 Å². The molecule has 0 radical (unpaired) electrons. The van der Waals surface area contributed by atoms with E-state index in [1.54, 1.807) is 0 Å². The van der Waals surface area contributed by atoms with Crippen LogP contribution in [0.5, 0.6) is 17.2 Å². The molecule has 0 aromatic heterocycles. The van der Waals surface area contributed by atoms with Crippen LogP contribution in [0.25, 0.3) is 0 Å². The second kappa shape index (κ2) is 10.4. The van der Waals surface area contributed by atoms with Crippen molar-refractivity contribution in [1.82, 2.24) is 5.32 Å². The average molecular weight is 379 g/mol. The summed E-state index contributed by atoms with van der Waals surface area (Å²) in [7, 11) is 0. The van der Waals surface area contributed by atoms with Gasteiger partial charge in [-0.05, 0) is 62.2 Å². The lowest BCUT2D eigenvalue weighted by molar-refractivity contribution is -0.0498. The zero-order chi connectivity index (χ0) is 19.6. The summed E-state index contributed by atoms with van der Waals surface area (Å²) >= 11 is 0. The number of alkyl halides is 2. The van der Waals surface area contributed by atoms with Crippen LogP contribution in [0, 0.1) is 0 Å². The molecule has 2 aromatic carbocycles. The van der Waals surface area contributed by atoms with Gasteiger partial charge in [-0.3, -0.25) is 4.79 Å². The molecule has 0 bridgehead atoms. The Hall–Kier alpha value is -2.83. The summed E-state index contributed by atoms with van der Waals surface area (Å²) in [6, 6.07) is 11.2. The lowest BCUT2D eigenvalue weighted by atomic mass is 10.1. The average Bonchev–Trinajstić information content (AvgIpc) is 2.64. The van der Waals surface area contributed by atoms with Crippen LogP contribution < -0.4 is 19.5 Å². The maximum absolute atomic E-state index is 12.1. The van der Waals surface area contributed by atoms with Crippen LogP contribution in [0.15, 0.2) is 42.5 Å². The first-order chi connectivity index (χ1) is 13.0. The van der Waals surface area contributed by atoms with Gasteiger partial charge in [0, 0.05) is 12.1 Å². The van der Waals surface area contributed by atoms with Crippen molar-refractivity contribution in [2.24, 2.45) is 0 Å². The highest BCUT2D eigenvalue weighted by Gasteiger charge is 2.09. The number of ether oxygens (including phenoxy) is 3. The van der Waals surface area contributed by atoms with Crippen molar-refractivity contribution in [2.45, 2.75) is 26.9 Å². The van der Waals surface area contributed by atoms with Gasteiger partial charge in [0.25, 0.3) is 5.91 Å². The minimum atomic E-state index is -2.89. The number of nitrogens with one attached hydrogen (secondary N) is 1. The number of hydrogen-bond acceptors (Lipinski definition) is 4. The number of carbonyl (C=O) groups excluding carboxylic acids is 1. The largest absolute Gasteiger partial charge is 0.490 e. The van der Waals surface area contributed by atoms with Crippen LogP contribution in [0.4, 0.5) is 8.78 Å². The topological polar surface area (TPSA) is 56.8 Å². The van der Waals surface area contributed by atoms with Crippen molar-refractivity contribution in [3.63, 3.8) is 0 Å². The number of rotatable bonds is 10. The fourth-order valence-corrected chi connectivity index (χ4v) is 2.46. The van der Waals surface area contributed by atoms with Gasteiger partial charge in [-0.2, -0.15) is 8.78 Å². The van der Waals surface area contributed by atoms with E-state index in [0.717, 1.165) is 5.56 Å². The number of amides is 1. The first kappa shape index (κ1) is 20.5. The molecular formula is C20H23F2NO4. The Morgan fingerprint density at radius 1 is 1.00 bits per heavy atom. The van der Waals surface area contributed by atoms with E-state index in [1.165, 1.54) is 24.3 Å². The quantitative estimate of drug-likeness (QED) is 0.676. The smallest absolute Gasteiger partial charge is 0.387 e. The van der Waals surface area contributed by atoms with Gasteiger partial charge in [-0.1, -0.05) is 6.07 Å². The molecule has 0 aliphatic heterocycles. The standard InChI is InChI=1S/C20H23F2NO4/c1-3-25-17-10-5-14(13-18(17)26-4-2)11-12-23-19(24)15-6-8-16(9-7-15)27-20(21)22/h5-10,13,20H,3-4,11-12H2,1-2H3,(H,23,24). The molecule has 0 atom stereocenters. The summed E-state index contributed by atoms with van der Waals surface area (Å²) in [6.07, 6.45) is 0.616. The van der Waals surface area contributed by atoms with Crippen LogP contribution >= 0.6 is 0 Å². The first-order valence-electron chi connectivity index (χ1n) is 8.75. The van der Waals surface area contributed by atoms with E-state index < -0.39 is 6.61 Å². The molecule has 2 rings (SSSR count). The maximum atomic E-state index is 12.1. The molecule has 0 saturated heterocycles. The second-order valence-corrected chi connectivity index (χ2v) is 5.56. The van der Waals surface area contributed by atoms with E-state index in [9.17, 15) is 13.6 Å². The summed E-state index contributed by atoms with van der Waals surface area (Å²) in [6.45, 7) is 2.43. The molecule has 27 heavy (non-hydrogen) atoms. The SMILES string of the molecule is CCOc1ccc(CCNC(=O)c2ccc(OC(F)F)cc2)cc1OCC. The minimum absolute atomic E-state index is 0.0133. The monoisotopic (exact) mass is 379 g/mol. The van der Waals surface area contributed by atoms with Gasteiger partial charge >= 0.3 is 6.61 Å². The highest BCUT2D eigenvalue weighted by atomic mass is 19.3.